The fourth-order valence-electron chi connectivity index (χ4n) is 3.79. The number of rotatable bonds is 6. The number of hydrogen-bond donors (Lipinski definition) is 2. The van der Waals surface area contributed by atoms with Crippen LogP contribution in [0.4, 0.5) is 5.69 Å². The molecule has 4 rings (SSSR count). The number of nitrogens with zero attached hydrogens (tertiary/aromatic N) is 1. The van der Waals surface area contributed by atoms with E-state index in [1.165, 1.54) is 6.07 Å². The van der Waals surface area contributed by atoms with Crippen LogP contribution in [0.5, 0.6) is 0 Å². The normalized spacial score (nSPS) is 11.9. The third-order valence-electron chi connectivity index (χ3n) is 5.26. The quantitative estimate of drug-likeness (QED) is 0.285. The Labute approximate surface area is 177 Å². The summed E-state index contributed by atoms with van der Waals surface area (Å²) in [6, 6.07) is 22.0. The number of nitrogens with one attached hydrogen (secondary N) is 1. The number of benzene rings is 4. The lowest BCUT2D eigenvalue weighted by Crippen LogP contribution is -2.46. The van der Waals surface area contributed by atoms with E-state index in [-0.39, 0.29) is 12.1 Å². The van der Waals surface area contributed by atoms with Gasteiger partial charge >= 0.3 is 0 Å². The predicted octanol–water partition coefficient (Wildman–Crippen LogP) is 3.73. The van der Waals surface area contributed by atoms with Gasteiger partial charge in [-0.3, -0.25) is 19.7 Å². The van der Waals surface area contributed by atoms with Gasteiger partial charge < -0.3 is 11.1 Å². The summed E-state index contributed by atoms with van der Waals surface area (Å²) in [7, 11) is 0. The number of nitro groups is 1. The molecule has 0 aliphatic heterocycles. The number of nitrogens with two attached hydrogens (primary N) is 1. The van der Waals surface area contributed by atoms with E-state index in [0.29, 0.717) is 11.1 Å². The van der Waals surface area contributed by atoms with Gasteiger partial charge in [0.2, 0.25) is 5.91 Å². The Kier molecular flexibility index (Phi) is 5.32. The Morgan fingerprint density at radius 3 is 2.03 bits per heavy atom. The van der Waals surface area contributed by atoms with Gasteiger partial charge in [0.1, 0.15) is 6.04 Å². The fraction of sp³-hybridized carbons (Fsp3) is 0.0833. The number of carbonyl (C=O) groups is 2. The molecule has 0 unspecified atom stereocenters. The first-order chi connectivity index (χ1) is 15.0. The van der Waals surface area contributed by atoms with E-state index >= 15 is 0 Å². The van der Waals surface area contributed by atoms with E-state index in [9.17, 15) is 19.7 Å². The highest BCUT2D eigenvalue weighted by Gasteiger charge is 2.25. The van der Waals surface area contributed by atoms with Gasteiger partial charge in [0.05, 0.1) is 10.5 Å². The fourth-order valence-corrected chi connectivity index (χ4v) is 3.79. The van der Waals surface area contributed by atoms with E-state index < -0.39 is 22.8 Å². The van der Waals surface area contributed by atoms with Gasteiger partial charge in [-0.05, 0) is 27.6 Å². The molecule has 7 heteroatoms. The third-order valence-corrected chi connectivity index (χ3v) is 5.26. The second kappa shape index (κ2) is 8.23. The lowest BCUT2D eigenvalue weighted by atomic mass is 9.95. The molecule has 0 spiro atoms. The molecular weight excluding hydrogens is 394 g/mol. The lowest BCUT2D eigenvalue weighted by molar-refractivity contribution is -0.385. The van der Waals surface area contributed by atoms with Crippen molar-refractivity contribution in [3.8, 4) is 0 Å². The standard InChI is InChI=1S/C24H19N3O4/c25-23(28)20(14-17-9-3-6-12-21(17)27(30)31)26-24(29)22-18-10-4-1-7-15(18)13-16-8-2-5-11-19(16)22/h1-13,20H,14H2,(H2,25,28)(H,26,29)/t20-/m0/s1. The van der Waals surface area contributed by atoms with E-state index in [2.05, 4.69) is 5.32 Å². The van der Waals surface area contributed by atoms with Gasteiger partial charge in [-0.1, -0.05) is 66.7 Å². The van der Waals surface area contributed by atoms with Crippen LogP contribution in [-0.4, -0.2) is 22.8 Å². The Hall–Kier alpha value is -4.26. The van der Waals surface area contributed by atoms with Crippen molar-refractivity contribution in [2.24, 2.45) is 5.73 Å². The summed E-state index contributed by atoms with van der Waals surface area (Å²) < 4.78 is 0. The molecule has 0 saturated carbocycles. The number of primary amides is 1. The molecule has 4 aromatic rings. The first-order valence-corrected chi connectivity index (χ1v) is 9.68. The van der Waals surface area contributed by atoms with Crippen molar-refractivity contribution in [1.82, 2.24) is 5.32 Å². The van der Waals surface area contributed by atoms with Gasteiger partial charge in [0, 0.05) is 18.1 Å². The number of hydrogen-bond acceptors (Lipinski definition) is 4. The second-order valence-corrected chi connectivity index (χ2v) is 7.21. The number of nitro benzene ring substituents is 1. The molecule has 0 aromatic heterocycles. The maximum absolute atomic E-state index is 13.3. The average molecular weight is 413 g/mol. The molecule has 1 atom stereocenters. The van der Waals surface area contributed by atoms with Crippen LogP contribution in [-0.2, 0) is 11.2 Å². The Balaban J connectivity index is 1.75. The number of amides is 2. The Morgan fingerprint density at radius 2 is 1.45 bits per heavy atom. The Morgan fingerprint density at radius 1 is 0.903 bits per heavy atom. The van der Waals surface area contributed by atoms with Gasteiger partial charge in [-0.25, -0.2) is 0 Å². The van der Waals surface area contributed by atoms with E-state index in [4.69, 9.17) is 5.73 Å². The lowest BCUT2D eigenvalue weighted by Gasteiger charge is -2.18. The molecule has 0 bridgehead atoms. The zero-order chi connectivity index (χ0) is 22.0. The minimum atomic E-state index is -1.11. The third kappa shape index (κ3) is 3.93. The minimum absolute atomic E-state index is 0.0824. The second-order valence-electron chi connectivity index (χ2n) is 7.21. The summed E-state index contributed by atoms with van der Waals surface area (Å²) in [5, 5.41) is 17.3. The Bertz CT molecular complexity index is 1280. The summed E-state index contributed by atoms with van der Waals surface area (Å²) in [5.41, 5.74) is 6.16. The van der Waals surface area contributed by atoms with Crippen molar-refractivity contribution in [2.75, 3.05) is 0 Å². The molecule has 0 aliphatic carbocycles. The zero-order valence-corrected chi connectivity index (χ0v) is 16.4. The molecule has 154 valence electrons. The molecule has 31 heavy (non-hydrogen) atoms. The van der Waals surface area contributed by atoms with E-state index in [0.717, 1.165) is 21.5 Å². The minimum Gasteiger partial charge on any atom is -0.368 e. The molecule has 7 nitrogen and oxygen atoms in total. The van der Waals surface area contributed by atoms with Crippen molar-refractivity contribution in [3.05, 3.63) is 100 Å². The highest BCUT2D eigenvalue weighted by atomic mass is 16.6. The maximum atomic E-state index is 13.3. The highest BCUT2D eigenvalue weighted by Crippen LogP contribution is 2.28. The van der Waals surface area contributed by atoms with Gasteiger partial charge in [-0.15, -0.1) is 0 Å². The first kappa shape index (κ1) is 20.0. The summed E-state index contributed by atoms with van der Waals surface area (Å²) >= 11 is 0. The largest absolute Gasteiger partial charge is 0.368 e. The highest BCUT2D eigenvalue weighted by molar-refractivity contribution is 6.18. The molecular formula is C24H19N3O4. The van der Waals surface area contributed by atoms with Crippen LogP contribution in [0, 0.1) is 10.1 Å². The van der Waals surface area contributed by atoms with Crippen LogP contribution in [0.15, 0.2) is 78.9 Å². The summed E-state index contributed by atoms with van der Waals surface area (Å²) in [4.78, 5) is 36.3. The summed E-state index contributed by atoms with van der Waals surface area (Å²) in [6.07, 6.45) is -0.0824. The van der Waals surface area contributed by atoms with Gasteiger partial charge in [-0.2, -0.15) is 0 Å². The molecule has 0 aliphatic rings. The van der Waals surface area contributed by atoms with Crippen molar-refractivity contribution in [1.29, 1.82) is 0 Å². The molecule has 2 amide bonds. The monoisotopic (exact) mass is 413 g/mol. The van der Waals surface area contributed by atoms with Crippen molar-refractivity contribution < 1.29 is 14.5 Å². The molecule has 0 fully saturated rings. The number of carbonyl (C=O) groups excluding carboxylic acids is 2. The predicted molar refractivity (Wildman–Crippen MR) is 119 cm³/mol. The van der Waals surface area contributed by atoms with Crippen molar-refractivity contribution in [3.63, 3.8) is 0 Å². The zero-order valence-electron chi connectivity index (χ0n) is 16.4. The molecule has 0 saturated heterocycles. The van der Waals surface area contributed by atoms with Crippen molar-refractivity contribution in [2.45, 2.75) is 12.5 Å². The molecule has 4 aromatic carbocycles. The summed E-state index contributed by atoms with van der Waals surface area (Å²) in [6.45, 7) is 0. The molecule has 3 N–H and O–H groups in total. The van der Waals surface area contributed by atoms with E-state index in [1.54, 1.807) is 18.2 Å². The van der Waals surface area contributed by atoms with Gasteiger partial charge in [0.15, 0.2) is 0 Å². The van der Waals surface area contributed by atoms with Crippen LogP contribution in [0.25, 0.3) is 21.5 Å². The molecule has 0 radical (unpaired) electrons. The van der Waals surface area contributed by atoms with Crippen LogP contribution in [0.1, 0.15) is 15.9 Å². The smallest absolute Gasteiger partial charge is 0.272 e. The van der Waals surface area contributed by atoms with Crippen LogP contribution >= 0.6 is 0 Å². The number of fused-ring (bicyclic) bond motifs is 2. The van der Waals surface area contributed by atoms with Crippen LogP contribution < -0.4 is 11.1 Å². The van der Waals surface area contributed by atoms with Crippen LogP contribution in [0.3, 0.4) is 0 Å². The average Bonchev–Trinajstić information content (AvgIpc) is 2.77. The summed E-state index contributed by atoms with van der Waals surface area (Å²) in [5.74, 6) is -1.23. The maximum Gasteiger partial charge on any atom is 0.272 e. The topological polar surface area (TPSA) is 115 Å². The first-order valence-electron chi connectivity index (χ1n) is 9.68. The van der Waals surface area contributed by atoms with E-state index in [1.807, 2.05) is 54.6 Å². The van der Waals surface area contributed by atoms with Gasteiger partial charge in [0.25, 0.3) is 11.6 Å². The number of para-hydroxylation sites is 1. The van der Waals surface area contributed by atoms with Crippen molar-refractivity contribution >= 4 is 39.0 Å². The SMILES string of the molecule is NC(=O)[C@H](Cc1ccccc1[N+](=O)[O-])NC(=O)c1c2ccccc2cc2ccccc12. The molecule has 0 heterocycles. The van der Waals surface area contributed by atoms with Crippen LogP contribution in [0.2, 0.25) is 0 Å².